The van der Waals surface area contributed by atoms with Crippen LogP contribution in [0, 0.1) is 17.6 Å². The van der Waals surface area contributed by atoms with Crippen LogP contribution in [0.2, 0.25) is 0 Å². The Kier molecular flexibility index (Phi) is 6.62. The number of aliphatic hydroxyl groups excluding tert-OH is 2. The van der Waals surface area contributed by atoms with E-state index >= 15 is 0 Å². The third-order valence-corrected chi connectivity index (χ3v) is 5.93. The molecule has 0 aromatic heterocycles. The molecule has 0 heterocycles. The van der Waals surface area contributed by atoms with E-state index in [2.05, 4.69) is 26.6 Å². The predicted octanol–water partition coefficient (Wildman–Crippen LogP) is 2.99. The van der Waals surface area contributed by atoms with Gasteiger partial charge in [-0.2, -0.15) is 0 Å². The van der Waals surface area contributed by atoms with Gasteiger partial charge in [0.1, 0.15) is 11.6 Å². The number of hydrogen-bond donors (Lipinski definition) is 4. The molecule has 0 aliphatic heterocycles. The maximum Gasteiger partial charge on any atom is 0.257 e. The van der Waals surface area contributed by atoms with Gasteiger partial charge in [-0.05, 0) is 52.8 Å². The van der Waals surface area contributed by atoms with E-state index in [0.717, 1.165) is 6.07 Å². The first-order valence-corrected chi connectivity index (χ1v) is 10.1. The van der Waals surface area contributed by atoms with Gasteiger partial charge < -0.3 is 15.5 Å². The zero-order chi connectivity index (χ0) is 21.2. The van der Waals surface area contributed by atoms with E-state index in [-0.39, 0.29) is 34.6 Å². The number of rotatable bonds is 4. The summed E-state index contributed by atoms with van der Waals surface area (Å²) in [6, 6.07) is 10.4. The summed E-state index contributed by atoms with van der Waals surface area (Å²) in [5.74, 6) is -2.70. The minimum atomic E-state index is -1.32. The van der Waals surface area contributed by atoms with Gasteiger partial charge in [0.25, 0.3) is 5.91 Å². The number of carbonyl (C=O) groups excluding carboxylic acids is 1. The molecule has 2 aromatic carbocycles. The highest BCUT2D eigenvalue weighted by Gasteiger charge is 2.50. The standard InChI is InChI=1S/C20H19BrF2N2O3S/c21-15-7-14(16(22)8-17(15)23)20(9-13(27)6-12(20)10-26)25-19(29)24-18(28)11-4-2-1-3-5-11/h1-5,7-8,12-13,26-27H,6,9-10H2,(H2,24,25,28,29). The number of halogens is 3. The molecule has 1 aliphatic rings. The summed E-state index contributed by atoms with van der Waals surface area (Å²) < 4.78 is 28.5. The van der Waals surface area contributed by atoms with Crippen molar-refractivity contribution in [1.82, 2.24) is 10.6 Å². The monoisotopic (exact) mass is 484 g/mol. The van der Waals surface area contributed by atoms with Gasteiger partial charge in [-0.15, -0.1) is 0 Å². The molecule has 1 amide bonds. The summed E-state index contributed by atoms with van der Waals surface area (Å²) in [4.78, 5) is 12.4. The number of thiocarbonyl (C=S) groups is 1. The van der Waals surface area contributed by atoms with Crippen LogP contribution < -0.4 is 10.6 Å². The topological polar surface area (TPSA) is 81.6 Å². The second kappa shape index (κ2) is 8.83. The molecule has 2 aromatic rings. The third-order valence-electron chi connectivity index (χ3n) is 5.12. The van der Waals surface area contributed by atoms with Gasteiger partial charge in [0.2, 0.25) is 0 Å². The molecule has 29 heavy (non-hydrogen) atoms. The van der Waals surface area contributed by atoms with Crippen molar-refractivity contribution in [3.63, 3.8) is 0 Å². The first kappa shape index (κ1) is 21.8. The van der Waals surface area contributed by atoms with Crippen LogP contribution in [-0.4, -0.2) is 33.9 Å². The van der Waals surface area contributed by atoms with Crippen LogP contribution in [0.15, 0.2) is 46.9 Å². The summed E-state index contributed by atoms with van der Waals surface area (Å²) in [5.41, 5.74) is -0.903. The highest BCUT2D eigenvalue weighted by molar-refractivity contribution is 9.10. The number of hydrogen-bond acceptors (Lipinski definition) is 4. The van der Waals surface area contributed by atoms with Crippen LogP contribution in [0.25, 0.3) is 0 Å². The average Bonchev–Trinajstić information content (AvgIpc) is 3.00. The van der Waals surface area contributed by atoms with Crippen LogP contribution in [-0.2, 0) is 5.54 Å². The lowest BCUT2D eigenvalue weighted by molar-refractivity contribution is 0.0974. The van der Waals surface area contributed by atoms with Gasteiger partial charge in [0.05, 0.1) is 16.1 Å². The Hall–Kier alpha value is -1.94. The summed E-state index contributed by atoms with van der Waals surface area (Å²) in [6.45, 7) is -0.367. The van der Waals surface area contributed by atoms with E-state index in [1.54, 1.807) is 30.3 Å². The molecule has 9 heteroatoms. The van der Waals surface area contributed by atoms with E-state index in [9.17, 15) is 23.8 Å². The first-order valence-electron chi connectivity index (χ1n) is 8.89. The van der Waals surface area contributed by atoms with E-state index in [1.807, 2.05) is 0 Å². The highest BCUT2D eigenvalue weighted by atomic mass is 79.9. The number of benzene rings is 2. The van der Waals surface area contributed by atoms with Crippen molar-refractivity contribution >= 4 is 39.2 Å². The fourth-order valence-electron chi connectivity index (χ4n) is 3.80. The second-order valence-corrected chi connectivity index (χ2v) is 8.23. The van der Waals surface area contributed by atoms with Crippen LogP contribution in [0.5, 0.6) is 0 Å². The van der Waals surface area contributed by atoms with Crippen molar-refractivity contribution < 1.29 is 23.8 Å². The zero-order valence-corrected chi connectivity index (χ0v) is 17.6. The van der Waals surface area contributed by atoms with Crippen LogP contribution in [0.1, 0.15) is 28.8 Å². The Morgan fingerprint density at radius 2 is 1.93 bits per heavy atom. The SMILES string of the molecule is O=C(NC(=S)NC1(c2cc(Br)c(F)cc2F)CC(O)CC1CO)c1ccccc1. The van der Waals surface area contributed by atoms with Crippen LogP contribution in [0.4, 0.5) is 8.78 Å². The van der Waals surface area contributed by atoms with Gasteiger partial charge in [-0.3, -0.25) is 10.1 Å². The molecule has 0 saturated heterocycles. The van der Waals surface area contributed by atoms with Crippen LogP contribution >= 0.6 is 28.1 Å². The smallest absolute Gasteiger partial charge is 0.257 e. The summed E-state index contributed by atoms with van der Waals surface area (Å²) in [7, 11) is 0. The summed E-state index contributed by atoms with van der Waals surface area (Å²) in [6.07, 6.45) is -0.627. The maximum absolute atomic E-state index is 14.7. The molecule has 5 nitrogen and oxygen atoms in total. The Morgan fingerprint density at radius 3 is 2.59 bits per heavy atom. The normalized spacial score (nSPS) is 23.6. The van der Waals surface area contributed by atoms with E-state index in [4.69, 9.17) is 12.2 Å². The van der Waals surface area contributed by atoms with Crippen molar-refractivity contribution in [2.75, 3.05) is 6.61 Å². The van der Waals surface area contributed by atoms with Crippen molar-refractivity contribution in [2.24, 2.45) is 5.92 Å². The number of amides is 1. The Bertz CT molecular complexity index is 931. The molecule has 0 spiro atoms. The zero-order valence-electron chi connectivity index (χ0n) is 15.2. The molecule has 3 unspecified atom stereocenters. The molecule has 1 fully saturated rings. The lowest BCUT2D eigenvalue weighted by atomic mass is 9.80. The molecule has 0 bridgehead atoms. The van der Waals surface area contributed by atoms with Gasteiger partial charge >= 0.3 is 0 Å². The first-order chi connectivity index (χ1) is 13.8. The lowest BCUT2D eigenvalue weighted by Crippen LogP contribution is -2.54. The molecule has 0 radical (unpaired) electrons. The predicted molar refractivity (Wildman–Crippen MR) is 111 cm³/mol. The quantitative estimate of drug-likeness (QED) is 0.396. The molecule has 3 atom stereocenters. The van der Waals surface area contributed by atoms with Gasteiger partial charge in [-0.1, -0.05) is 18.2 Å². The summed E-state index contributed by atoms with van der Waals surface area (Å²) in [5, 5.41) is 25.5. The van der Waals surface area contributed by atoms with Crippen molar-refractivity contribution in [3.05, 3.63) is 69.7 Å². The van der Waals surface area contributed by atoms with Crippen molar-refractivity contribution in [3.8, 4) is 0 Å². The van der Waals surface area contributed by atoms with E-state index in [0.29, 0.717) is 5.56 Å². The van der Waals surface area contributed by atoms with Gasteiger partial charge in [0, 0.05) is 36.1 Å². The van der Waals surface area contributed by atoms with Gasteiger partial charge in [0.15, 0.2) is 5.11 Å². The molecule has 1 saturated carbocycles. The third kappa shape index (κ3) is 4.48. The molecule has 1 aliphatic carbocycles. The molecule has 3 rings (SSSR count). The number of aliphatic hydroxyl groups is 2. The minimum Gasteiger partial charge on any atom is -0.396 e. The highest BCUT2D eigenvalue weighted by Crippen LogP contribution is 2.45. The molecular formula is C20H19BrF2N2O3S. The average molecular weight is 485 g/mol. The van der Waals surface area contributed by atoms with E-state index in [1.165, 1.54) is 6.07 Å². The second-order valence-electron chi connectivity index (χ2n) is 6.96. The minimum absolute atomic E-state index is 0.0224. The Balaban J connectivity index is 1.94. The fourth-order valence-corrected chi connectivity index (χ4v) is 4.41. The van der Waals surface area contributed by atoms with E-state index < -0.39 is 35.1 Å². The lowest BCUT2D eigenvalue weighted by Gasteiger charge is -2.37. The number of carbonyl (C=O) groups is 1. The maximum atomic E-state index is 14.7. The molecular weight excluding hydrogens is 466 g/mol. The largest absolute Gasteiger partial charge is 0.396 e. The van der Waals surface area contributed by atoms with Gasteiger partial charge in [-0.25, -0.2) is 8.78 Å². The van der Waals surface area contributed by atoms with Crippen LogP contribution in [0.3, 0.4) is 0 Å². The van der Waals surface area contributed by atoms with Crippen molar-refractivity contribution in [2.45, 2.75) is 24.5 Å². The Labute approximate surface area is 180 Å². The van der Waals surface area contributed by atoms with Crippen molar-refractivity contribution in [1.29, 1.82) is 0 Å². The summed E-state index contributed by atoms with van der Waals surface area (Å²) >= 11 is 8.31. The number of nitrogens with one attached hydrogen (secondary N) is 2. The fraction of sp³-hybridized carbons (Fsp3) is 0.300. The molecule has 4 N–H and O–H groups in total. The molecule has 154 valence electrons. The Morgan fingerprint density at radius 1 is 1.24 bits per heavy atom.